The molecule has 0 bridgehead atoms. The summed E-state index contributed by atoms with van der Waals surface area (Å²) in [5.74, 6) is -0.522. The van der Waals surface area contributed by atoms with E-state index >= 15 is 0 Å². The summed E-state index contributed by atoms with van der Waals surface area (Å²) in [6.07, 6.45) is 0. The van der Waals surface area contributed by atoms with Crippen molar-refractivity contribution in [3.8, 4) is 11.5 Å². The topological polar surface area (TPSA) is 29.5 Å². The van der Waals surface area contributed by atoms with E-state index in [9.17, 15) is 5.11 Å². The van der Waals surface area contributed by atoms with Crippen LogP contribution < -0.4 is 4.29 Å². The molecule has 0 amide bonds. The van der Waals surface area contributed by atoms with E-state index < -0.39 is 5.75 Å². The second kappa shape index (κ2) is 7.09. The lowest BCUT2D eigenvalue weighted by atomic mass is 10.0. The second-order valence-corrected chi connectivity index (χ2v) is 7.94. The molecule has 3 aromatic rings. The number of aromatic hydroxyl groups is 1. The highest BCUT2D eigenvalue weighted by molar-refractivity contribution is 6.59. The van der Waals surface area contributed by atoms with Gasteiger partial charge in [0.1, 0.15) is 27.7 Å². The maximum atomic E-state index is 10.4. The van der Waals surface area contributed by atoms with E-state index in [-0.39, 0.29) is 67.5 Å². The van der Waals surface area contributed by atoms with Crippen molar-refractivity contribution in [2.24, 2.45) is 0 Å². The molecule has 1 N–H and O–H groups in total. The van der Waals surface area contributed by atoms with Crippen molar-refractivity contribution in [2.45, 2.75) is 0 Å². The van der Waals surface area contributed by atoms with Gasteiger partial charge in [-0.1, -0.05) is 92.8 Å². The van der Waals surface area contributed by atoms with Gasteiger partial charge in [-0.2, -0.15) is 0 Å². The SMILES string of the molecule is Oc1c(Cl)c(Cl)c(Cl)c2c(Cl)c3c(Cl)c(Cl)c(Cl)c(OCl)c3c(Cl)c12. The number of halogens is 9. The highest BCUT2D eigenvalue weighted by Crippen LogP contribution is 2.56. The van der Waals surface area contributed by atoms with Gasteiger partial charge in [0.15, 0.2) is 5.75 Å². The van der Waals surface area contributed by atoms with Crippen LogP contribution in [0, 0.1) is 0 Å². The predicted octanol–water partition coefficient (Wildman–Crippen LogP) is 9.46. The quantitative estimate of drug-likeness (QED) is 0.256. The first-order valence-corrected chi connectivity index (χ1v) is 9.43. The Kier molecular flexibility index (Phi) is 5.71. The molecule has 0 fully saturated rings. The Morgan fingerprint density at radius 3 is 1.44 bits per heavy atom. The summed E-state index contributed by atoms with van der Waals surface area (Å²) in [6, 6.07) is 0. The maximum Gasteiger partial charge on any atom is 0.175 e. The summed E-state index contributed by atoms with van der Waals surface area (Å²) < 4.78 is 4.78. The van der Waals surface area contributed by atoms with Crippen LogP contribution in [0.5, 0.6) is 11.5 Å². The van der Waals surface area contributed by atoms with Crippen LogP contribution in [-0.4, -0.2) is 5.11 Å². The molecule has 0 saturated carbocycles. The fourth-order valence-electron chi connectivity index (χ4n) is 2.44. The lowest BCUT2D eigenvalue weighted by Gasteiger charge is -2.18. The average Bonchev–Trinajstić information content (AvgIpc) is 2.58. The molecule has 0 aliphatic carbocycles. The van der Waals surface area contributed by atoms with Crippen LogP contribution in [0.25, 0.3) is 21.5 Å². The van der Waals surface area contributed by atoms with Crippen LogP contribution in [0.3, 0.4) is 0 Å². The van der Waals surface area contributed by atoms with E-state index in [2.05, 4.69) is 0 Å². The van der Waals surface area contributed by atoms with Crippen molar-refractivity contribution in [3.63, 3.8) is 0 Å². The molecule has 25 heavy (non-hydrogen) atoms. The van der Waals surface area contributed by atoms with E-state index in [1.165, 1.54) is 0 Å². The van der Waals surface area contributed by atoms with Gasteiger partial charge in [0.05, 0.1) is 35.5 Å². The van der Waals surface area contributed by atoms with Gasteiger partial charge >= 0.3 is 0 Å². The van der Waals surface area contributed by atoms with Crippen LogP contribution in [0.2, 0.25) is 40.2 Å². The number of rotatable bonds is 1. The Balaban J connectivity index is 2.81. The Morgan fingerprint density at radius 2 is 0.920 bits per heavy atom. The third kappa shape index (κ3) is 2.77. The molecule has 2 nitrogen and oxygen atoms in total. The average molecular weight is 520 g/mol. The first-order valence-electron chi connectivity index (χ1n) is 6.09. The van der Waals surface area contributed by atoms with Gasteiger partial charge in [-0.15, -0.1) is 0 Å². The minimum Gasteiger partial charge on any atom is -0.506 e. The van der Waals surface area contributed by atoms with Gasteiger partial charge in [0, 0.05) is 16.2 Å². The summed E-state index contributed by atoms with van der Waals surface area (Å²) in [4.78, 5) is 0. The smallest absolute Gasteiger partial charge is 0.175 e. The minimum atomic E-state index is -0.428. The minimum absolute atomic E-state index is 0.00503. The molecule has 0 radical (unpaired) electrons. The number of benzene rings is 3. The van der Waals surface area contributed by atoms with Crippen LogP contribution >= 0.6 is 105 Å². The monoisotopic (exact) mass is 516 g/mol. The van der Waals surface area contributed by atoms with Gasteiger partial charge in [0.2, 0.25) is 0 Å². The molecule has 0 unspecified atom stereocenters. The van der Waals surface area contributed by atoms with E-state index in [1.807, 2.05) is 0 Å². The molecule has 0 spiro atoms. The van der Waals surface area contributed by atoms with Crippen molar-refractivity contribution in [1.82, 2.24) is 0 Å². The molecule has 0 atom stereocenters. The largest absolute Gasteiger partial charge is 0.506 e. The third-order valence-corrected chi connectivity index (χ3v) is 7.07. The highest BCUT2D eigenvalue weighted by Gasteiger charge is 2.28. The molecule has 0 aliphatic rings. The molecule has 0 aromatic heterocycles. The molecule has 3 aromatic carbocycles. The highest BCUT2D eigenvalue weighted by atomic mass is 35.5. The fraction of sp³-hybridized carbons (Fsp3) is 0. The van der Waals surface area contributed by atoms with E-state index in [0.717, 1.165) is 0 Å². The summed E-state index contributed by atoms with van der Waals surface area (Å²) >= 11 is 55.2. The van der Waals surface area contributed by atoms with Crippen LogP contribution in [0.15, 0.2) is 0 Å². The molecular formula is C14HCl9O2. The lowest BCUT2D eigenvalue weighted by molar-refractivity contribution is 0.482. The van der Waals surface area contributed by atoms with Gasteiger partial charge in [-0.3, -0.25) is 0 Å². The van der Waals surface area contributed by atoms with Crippen molar-refractivity contribution in [2.75, 3.05) is 0 Å². The normalized spacial score (nSPS) is 11.6. The zero-order valence-corrected chi connectivity index (χ0v) is 18.1. The number of hydrogen-bond donors (Lipinski definition) is 1. The number of hydrogen-bond acceptors (Lipinski definition) is 2. The zero-order valence-electron chi connectivity index (χ0n) is 11.3. The molecular weight excluding hydrogens is 519 g/mol. The van der Waals surface area contributed by atoms with Gasteiger partial charge < -0.3 is 9.40 Å². The molecule has 0 saturated heterocycles. The Labute approximate surface area is 186 Å². The van der Waals surface area contributed by atoms with Crippen molar-refractivity contribution >= 4 is 126 Å². The summed E-state index contributed by atoms with van der Waals surface area (Å²) in [5, 5.41) is 10.3. The predicted molar refractivity (Wildman–Crippen MR) is 110 cm³/mol. The Hall–Kier alpha value is 0.390. The van der Waals surface area contributed by atoms with Crippen LogP contribution in [0.4, 0.5) is 0 Å². The number of phenols is 1. The van der Waals surface area contributed by atoms with Crippen molar-refractivity contribution in [1.29, 1.82) is 0 Å². The molecule has 0 aliphatic heterocycles. The second-order valence-electron chi connectivity index (χ2n) is 4.77. The van der Waals surface area contributed by atoms with Crippen LogP contribution in [0.1, 0.15) is 0 Å². The van der Waals surface area contributed by atoms with E-state index in [4.69, 9.17) is 109 Å². The lowest BCUT2D eigenvalue weighted by Crippen LogP contribution is -1.92. The summed E-state index contributed by atoms with van der Waals surface area (Å²) in [7, 11) is 0. The van der Waals surface area contributed by atoms with Gasteiger partial charge in [-0.05, 0) is 0 Å². The van der Waals surface area contributed by atoms with Crippen molar-refractivity contribution < 1.29 is 9.40 Å². The van der Waals surface area contributed by atoms with E-state index in [1.54, 1.807) is 0 Å². The first-order chi connectivity index (χ1) is 11.6. The molecule has 0 heterocycles. The maximum absolute atomic E-state index is 10.4. The summed E-state index contributed by atoms with van der Waals surface area (Å²) in [6.45, 7) is 0. The van der Waals surface area contributed by atoms with Crippen molar-refractivity contribution in [3.05, 3.63) is 40.2 Å². The Bertz CT molecular complexity index is 1080. The molecule has 3 rings (SSSR count). The third-order valence-electron chi connectivity index (χ3n) is 3.54. The molecule has 132 valence electrons. The molecule has 11 heteroatoms. The number of phenolic OH excluding ortho intramolecular Hbond substituents is 1. The van der Waals surface area contributed by atoms with E-state index in [0.29, 0.717) is 0 Å². The first kappa shape index (κ1) is 20.1. The van der Waals surface area contributed by atoms with Gasteiger partial charge in [-0.25, -0.2) is 0 Å². The zero-order chi connectivity index (χ0) is 18.8. The van der Waals surface area contributed by atoms with Crippen LogP contribution in [-0.2, 0) is 0 Å². The fourth-order valence-corrected chi connectivity index (χ4v) is 4.92. The standard InChI is InChI=1S/C14HCl9O2/c15-5-1-3(13(24)11(21)9(19)7(1)17)6(16)4-2(5)8(18)10(20)12(22)14(4)25-23/h24H. The number of fused-ring (bicyclic) bond motifs is 2. The summed E-state index contributed by atoms with van der Waals surface area (Å²) in [5.41, 5.74) is 0. The Morgan fingerprint density at radius 1 is 0.480 bits per heavy atom. The van der Waals surface area contributed by atoms with Gasteiger partial charge in [0.25, 0.3) is 0 Å².